The molecule has 120 valence electrons. The van der Waals surface area contributed by atoms with E-state index in [-0.39, 0.29) is 23.4 Å². The van der Waals surface area contributed by atoms with Gasteiger partial charge in [-0.25, -0.2) is 4.39 Å². The van der Waals surface area contributed by atoms with E-state index in [2.05, 4.69) is 5.32 Å². The number of hydrogen-bond acceptors (Lipinski definition) is 3. The maximum Gasteiger partial charge on any atom is 0.290 e. The van der Waals surface area contributed by atoms with Crippen LogP contribution in [-0.4, -0.2) is 29.3 Å². The molecule has 1 aromatic carbocycles. The molecule has 3 rings (SSSR count). The van der Waals surface area contributed by atoms with Crippen molar-refractivity contribution in [2.24, 2.45) is 0 Å². The summed E-state index contributed by atoms with van der Waals surface area (Å²) in [4.78, 5) is 26.3. The summed E-state index contributed by atoms with van der Waals surface area (Å²) in [5.74, 6) is -0.780. The Hall–Kier alpha value is -2.63. The molecule has 1 aliphatic rings. The Balaban J connectivity index is 1.73. The van der Waals surface area contributed by atoms with E-state index in [0.29, 0.717) is 24.2 Å². The molecule has 2 heterocycles. The van der Waals surface area contributed by atoms with Crippen molar-refractivity contribution in [3.05, 3.63) is 53.7 Å². The van der Waals surface area contributed by atoms with E-state index in [0.717, 1.165) is 6.42 Å². The number of nitrogens with zero attached hydrogens (tertiary/aromatic N) is 1. The van der Waals surface area contributed by atoms with Crippen LogP contribution in [0.15, 0.2) is 41.0 Å². The van der Waals surface area contributed by atoms with Crippen LogP contribution in [0.3, 0.4) is 0 Å². The van der Waals surface area contributed by atoms with Crippen LogP contribution >= 0.6 is 0 Å². The molecule has 1 atom stereocenters. The highest BCUT2D eigenvalue weighted by molar-refractivity contribution is 6.00. The van der Waals surface area contributed by atoms with Crippen LogP contribution in [0.1, 0.15) is 29.0 Å². The van der Waals surface area contributed by atoms with Gasteiger partial charge in [-0.3, -0.25) is 9.59 Å². The Labute approximate surface area is 133 Å². The number of amides is 2. The standard InChI is InChI=1S/C17H17FN2O3/c1-11-6-7-12(10-13(11)18)19-16(21)14-4-2-8-20(14)17(22)15-5-3-9-23-15/h3,5-7,9-10,14H,2,4,8H2,1H3,(H,19,21). The zero-order valence-electron chi connectivity index (χ0n) is 12.7. The minimum absolute atomic E-state index is 0.214. The van der Waals surface area contributed by atoms with Gasteiger partial charge in [-0.15, -0.1) is 0 Å². The SMILES string of the molecule is Cc1ccc(NC(=O)C2CCCN2C(=O)c2ccco2)cc1F. The number of halogens is 1. The van der Waals surface area contributed by atoms with Crippen LogP contribution < -0.4 is 5.32 Å². The molecule has 2 aromatic rings. The summed E-state index contributed by atoms with van der Waals surface area (Å²) >= 11 is 0. The van der Waals surface area contributed by atoms with Gasteiger partial charge in [0.2, 0.25) is 5.91 Å². The highest BCUT2D eigenvalue weighted by Gasteiger charge is 2.35. The molecule has 23 heavy (non-hydrogen) atoms. The Morgan fingerprint density at radius 2 is 2.17 bits per heavy atom. The summed E-state index contributed by atoms with van der Waals surface area (Å²) in [6.07, 6.45) is 2.74. The Morgan fingerprint density at radius 3 is 2.87 bits per heavy atom. The minimum Gasteiger partial charge on any atom is -0.459 e. The van der Waals surface area contributed by atoms with Gasteiger partial charge in [0.25, 0.3) is 5.91 Å². The van der Waals surface area contributed by atoms with Gasteiger partial charge >= 0.3 is 0 Å². The number of carbonyl (C=O) groups excluding carboxylic acids is 2. The summed E-state index contributed by atoms with van der Waals surface area (Å²) < 4.78 is 18.7. The largest absolute Gasteiger partial charge is 0.459 e. The number of furan rings is 1. The Kier molecular flexibility index (Phi) is 4.14. The molecule has 1 aromatic heterocycles. The minimum atomic E-state index is -0.572. The fourth-order valence-electron chi connectivity index (χ4n) is 2.72. The molecule has 1 fully saturated rings. The summed E-state index contributed by atoms with van der Waals surface area (Å²) in [5, 5.41) is 2.68. The molecule has 5 nitrogen and oxygen atoms in total. The average molecular weight is 316 g/mol. The lowest BCUT2D eigenvalue weighted by Gasteiger charge is -2.23. The topological polar surface area (TPSA) is 62.6 Å². The van der Waals surface area contributed by atoms with Crippen molar-refractivity contribution >= 4 is 17.5 Å². The van der Waals surface area contributed by atoms with E-state index in [9.17, 15) is 14.0 Å². The first kappa shape index (κ1) is 15.3. The lowest BCUT2D eigenvalue weighted by molar-refractivity contribution is -0.119. The zero-order valence-corrected chi connectivity index (χ0v) is 12.7. The molecule has 1 saturated heterocycles. The number of likely N-dealkylation sites (tertiary alicyclic amines) is 1. The Morgan fingerprint density at radius 1 is 1.35 bits per heavy atom. The van der Waals surface area contributed by atoms with Crippen molar-refractivity contribution in [1.82, 2.24) is 4.90 Å². The zero-order chi connectivity index (χ0) is 16.4. The van der Waals surface area contributed by atoms with Crippen molar-refractivity contribution in [3.8, 4) is 0 Å². The molecule has 1 N–H and O–H groups in total. The predicted octanol–water partition coefficient (Wildman–Crippen LogP) is 2.97. The third-order valence-electron chi connectivity index (χ3n) is 3.99. The smallest absolute Gasteiger partial charge is 0.290 e. The molecule has 0 saturated carbocycles. The number of benzene rings is 1. The van der Waals surface area contributed by atoms with E-state index in [1.54, 1.807) is 31.2 Å². The second-order valence-corrected chi connectivity index (χ2v) is 5.59. The van der Waals surface area contributed by atoms with E-state index < -0.39 is 6.04 Å². The fourth-order valence-corrected chi connectivity index (χ4v) is 2.72. The van der Waals surface area contributed by atoms with Crippen molar-refractivity contribution in [3.63, 3.8) is 0 Å². The van der Waals surface area contributed by atoms with Gasteiger partial charge < -0.3 is 14.6 Å². The normalized spacial score (nSPS) is 17.3. The van der Waals surface area contributed by atoms with Crippen LogP contribution in [0.25, 0.3) is 0 Å². The summed E-state index contributed by atoms with van der Waals surface area (Å²) in [7, 11) is 0. The lowest BCUT2D eigenvalue weighted by atomic mass is 10.1. The molecule has 0 aliphatic carbocycles. The highest BCUT2D eigenvalue weighted by Crippen LogP contribution is 2.22. The molecule has 0 bridgehead atoms. The molecule has 6 heteroatoms. The van der Waals surface area contributed by atoms with Gasteiger partial charge in [0, 0.05) is 12.2 Å². The molecular formula is C17H17FN2O3. The van der Waals surface area contributed by atoms with E-state index in [1.165, 1.54) is 17.2 Å². The second kappa shape index (κ2) is 6.24. The molecule has 2 amide bonds. The van der Waals surface area contributed by atoms with Gasteiger partial charge in [0.15, 0.2) is 5.76 Å². The number of aryl methyl sites for hydroxylation is 1. The number of nitrogens with one attached hydrogen (secondary N) is 1. The molecular weight excluding hydrogens is 299 g/mol. The van der Waals surface area contributed by atoms with E-state index in [1.807, 2.05) is 0 Å². The maximum atomic E-state index is 13.6. The van der Waals surface area contributed by atoms with Crippen LogP contribution in [0.2, 0.25) is 0 Å². The first-order valence-electron chi connectivity index (χ1n) is 7.48. The number of rotatable bonds is 3. The predicted molar refractivity (Wildman–Crippen MR) is 82.5 cm³/mol. The second-order valence-electron chi connectivity index (χ2n) is 5.59. The first-order chi connectivity index (χ1) is 11.1. The third-order valence-corrected chi connectivity index (χ3v) is 3.99. The van der Waals surface area contributed by atoms with Crippen molar-refractivity contribution < 1.29 is 18.4 Å². The van der Waals surface area contributed by atoms with Crippen LogP contribution in [0, 0.1) is 12.7 Å². The average Bonchev–Trinajstić information content (AvgIpc) is 3.21. The molecule has 0 spiro atoms. The summed E-state index contributed by atoms with van der Waals surface area (Å²) in [6.45, 7) is 2.15. The van der Waals surface area contributed by atoms with Gasteiger partial charge in [0.1, 0.15) is 11.9 Å². The van der Waals surface area contributed by atoms with E-state index in [4.69, 9.17) is 4.42 Å². The van der Waals surface area contributed by atoms with Crippen molar-refractivity contribution in [2.75, 3.05) is 11.9 Å². The van der Waals surface area contributed by atoms with Gasteiger partial charge in [-0.05, 0) is 49.6 Å². The quantitative estimate of drug-likeness (QED) is 0.947. The summed E-state index contributed by atoms with van der Waals surface area (Å²) in [6, 6.07) is 7.16. The van der Waals surface area contributed by atoms with Gasteiger partial charge in [-0.1, -0.05) is 6.07 Å². The first-order valence-corrected chi connectivity index (χ1v) is 7.48. The maximum absolute atomic E-state index is 13.6. The van der Waals surface area contributed by atoms with Gasteiger partial charge in [0.05, 0.1) is 6.26 Å². The van der Waals surface area contributed by atoms with E-state index >= 15 is 0 Å². The van der Waals surface area contributed by atoms with Crippen LogP contribution in [0.5, 0.6) is 0 Å². The van der Waals surface area contributed by atoms with Crippen molar-refractivity contribution in [2.45, 2.75) is 25.8 Å². The number of hydrogen-bond donors (Lipinski definition) is 1. The number of anilines is 1. The van der Waals surface area contributed by atoms with Crippen LogP contribution in [0.4, 0.5) is 10.1 Å². The highest BCUT2D eigenvalue weighted by atomic mass is 19.1. The molecule has 0 radical (unpaired) electrons. The van der Waals surface area contributed by atoms with Crippen molar-refractivity contribution in [1.29, 1.82) is 0 Å². The fraction of sp³-hybridized carbons (Fsp3) is 0.294. The molecule has 1 unspecified atom stereocenters. The summed E-state index contributed by atoms with van der Waals surface area (Å²) in [5.41, 5.74) is 0.897. The monoisotopic (exact) mass is 316 g/mol. The lowest BCUT2D eigenvalue weighted by Crippen LogP contribution is -2.43. The number of carbonyl (C=O) groups is 2. The van der Waals surface area contributed by atoms with Gasteiger partial charge in [-0.2, -0.15) is 0 Å². The van der Waals surface area contributed by atoms with Crippen LogP contribution in [-0.2, 0) is 4.79 Å². The Bertz CT molecular complexity index is 727. The molecule has 1 aliphatic heterocycles. The third kappa shape index (κ3) is 3.11.